The van der Waals surface area contributed by atoms with E-state index in [1.807, 2.05) is 49.4 Å². The number of benzene rings is 2. The van der Waals surface area contributed by atoms with E-state index in [1.165, 1.54) is 0 Å². The summed E-state index contributed by atoms with van der Waals surface area (Å²) in [5.41, 5.74) is 3.64. The second-order valence-corrected chi connectivity index (χ2v) is 6.65. The molecule has 3 rings (SSSR count). The Kier molecular flexibility index (Phi) is 5.09. The number of amides is 2. The maximum atomic E-state index is 12.9. The predicted octanol–water partition coefficient (Wildman–Crippen LogP) is 3.91. The van der Waals surface area contributed by atoms with Crippen LogP contribution in [0.3, 0.4) is 0 Å². The van der Waals surface area contributed by atoms with Gasteiger partial charge in [-0.3, -0.25) is 9.59 Å². The number of hydrogen-bond donors (Lipinski definition) is 0. The van der Waals surface area contributed by atoms with Crippen LogP contribution in [0, 0.1) is 0 Å². The molecule has 2 aromatic carbocycles. The molecule has 1 aliphatic heterocycles. The smallest absolute Gasteiger partial charge is 0.254 e. The van der Waals surface area contributed by atoms with Gasteiger partial charge in [0.1, 0.15) is 0 Å². The van der Waals surface area contributed by atoms with Crippen molar-refractivity contribution in [3.8, 4) is 0 Å². The summed E-state index contributed by atoms with van der Waals surface area (Å²) >= 11 is 6.04. The van der Waals surface area contributed by atoms with Gasteiger partial charge in [0.2, 0.25) is 5.91 Å². The van der Waals surface area contributed by atoms with Gasteiger partial charge in [-0.2, -0.15) is 0 Å². The molecule has 130 valence electrons. The minimum Gasteiger partial charge on any atom is -0.335 e. The van der Waals surface area contributed by atoms with Crippen molar-refractivity contribution in [2.75, 3.05) is 18.0 Å². The molecular formula is C20H21ClN2O2. The summed E-state index contributed by atoms with van der Waals surface area (Å²) in [6, 6.07) is 13.2. The van der Waals surface area contributed by atoms with E-state index in [1.54, 1.807) is 16.7 Å². The maximum Gasteiger partial charge on any atom is 0.254 e. The maximum absolute atomic E-state index is 12.9. The molecule has 2 aromatic rings. The molecule has 0 aromatic heterocycles. The number of halogens is 1. The van der Waals surface area contributed by atoms with Gasteiger partial charge in [0.05, 0.1) is 0 Å². The molecule has 0 unspecified atom stereocenters. The van der Waals surface area contributed by atoms with E-state index in [-0.39, 0.29) is 11.8 Å². The van der Waals surface area contributed by atoms with Crippen LogP contribution in [0.5, 0.6) is 0 Å². The van der Waals surface area contributed by atoms with Crippen LogP contribution in [0.2, 0.25) is 5.02 Å². The van der Waals surface area contributed by atoms with Crippen molar-refractivity contribution in [1.82, 2.24) is 4.90 Å². The van der Waals surface area contributed by atoms with E-state index in [9.17, 15) is 9.59 Å². The number of nitrogens with zero attached hydrogens (tertiary/aromatic N) is 2. The Hall–Kier alpha value is -2.33. The molecule has 2 amide bonds. The fourth-order valence-corrected chi connectivity index (χ4v) is 3.44. The Morgan fingerprint density at radius 3 is 2.68 bits per heavy atom. The zero-order valence-corrected chi connectivity index (χ0v) is 15.2. The lowest BCUT2D eigenvalue weighted by Crippen LogP contribution is -2.30. The van der Waals surface area contributed by atoms with Crippen LogP contribution in [0.15, 0.2) is 42.5 Å². The third-order valence-electron chi connectivity index (χ3n) is 4.53. The highest BCUT2D eigenvalue weighted by molar-refractivity contribution is 6.30. The Labute approximate surface area is 153 Å². The van der Waals surface area contributed by atoms with Crippen molar-refractivity contribution < 1.29 is 9.59 Å². The van der Waals surface area contributed by atoms with Crippen molar-refractivity contribution in [2.24, 2.45) is 0 Å². The van der Waals surface area contributed by atoms with Crippen molar-refractivity contribution in [3.05, 3.63) is 64.2 Å². The van der Waals surface area contributed by atoms with E-state index in [0.717, 1.165) is 23.2 Å². The van der Waals surface area contributed by atoms with Gasteiger partial charge in [-0.15, -0.1) is 0 Å². The van der Waals surface area contributed by atoms with Crippen LogP contribution in [-0.4, -0.2) is 29.8 Å². The lowest BCUT2D eigenvalue weighted by Gasteiger charge is -2.22. The van der Waals surface area contributed by atoms with Gasteiger partial charge in [-0.25, -0.2) is 0 Å². The molecule has 0 N–H and O–H groups in total. The summed E-state index contributed by atoms with van der Waals surface area (Å²) in [5.74, 6) is 0.0283. The van der Waals surface area contributed by atoms with Gasteiger partial charge in [0.25, 0.3) is 5.91 Å². The largest absolute Gasteiger partial charge is 0.335 e. The molecule has 0 fully saturated rings. The molecule has 4 nitrogen and oxygen atoms in total. The monoisotopic (exact) mass is 356 g/mol. The first kappa shape index (κ1) is 17.5. The van der Waals surface area contributed by atoms with Crippen molar-refractivity contribution in [3.63, 3.8) is 0 Å². The zero-order valence-electron chi connectivity index (χ0n) is 14.5. The fourth-order valence-electron chi connectivity index (χ4n) is 3.23. The summed E-state index contributed by atoms with van der Waals surface area (Å²) in [4.78, 5) is 28.1. The Bertz CT molecular complexity index is 819. The third kappa shape index (κ3) is 3.69. The average Bonchev–Trinajstić information content (AvgIpc) is 3.02. The molecule has 25 heavy (non-hydrogen) atoms. The van der Waals surface area contributed by atoms with Gasteiger partial charge >= 0.3 is 0 Å². The van der Waals surface area contributed by atoms with E-state index >= 15 is 0 Å². The number of rotatable bonds is 4. The standard InChI is InChI=1S/C20H21ClN2O2/c1-3-22(13-15-5-4-6-18(21)11-15)20(25)17-7-8-19-16(12-17)9-10-23(19)14(2)24/h4-8,11-12H,3,9-10,13H2,1-2H3. The van der Waals surface area contributed by atoms with E-state index in [0.29, 0.717) is 30.2 Å². The Morgan fingerprint density at radius 1 is 1.20 bits per heavy atom. The highest BCUT2D eigenvalue weighted by Gasteiger charge is 2.24. The van der Waals surface area contributed by atoms with E-state index in [4.69, 9.17) is 11.6 Å². The summed E-state index contributed by atoms with van der Waals surface area (Å²) in [5, 5.41) is 0.669. The van der Waals surface area contributed by atoms with Crippen LogP contribution >= 0.6 is 11.6 Å². The van der Waals surface area contributed by atoms with Crippen molar-refractivity contribution in [1.29, 1.82) is 0 Å². The molecule has 0 saturated carbocycles. The normalized spacial score (nSPS) is 12.8. The van der Waals surface area contributed by atoms with Crippen LogP contribution < -0.4 is 4.90 Å². The molecule has 0 radical (unpaired) electrons. The molecule has 0 bridgehead atoms. The van der Waals surface area contributed by atoms with Crippen LogP contribution in [0.25, 0.3) is 0 Å². The molecule has 0 saturated heterocycles. The SMILES string of the molecule is CCN(Cc1cccc(Cl)c1)C(=O)c1ccc2c(c1)CCN2C(C)=O. The van der Waals surface area contributed by atoms with Gasteiger partial charge in [0, 0.05) is 42.8 Å². The molecular weight excluding hydrogens is 336 g/mol. The minimum absolute atomic E-state index is 0.00782. The van der Waals surface area contributed by atoms with Crippen molar-refractivity contribution in [2.45, 2.75) is 26.8 Å². The summed E-state index contributed by atoms with van der Waals surface area (Å²) in [6.45, 7) is 5.35. The highest BCUT2D eigenvalue weighted by atomic mass is 35.5. The van der Waals surface area contributed by atoms with Gasteiger partial charge in [-0.1, -0.05) is 23.7 Å². The van der Waals surface area contributed by atoms with Gasteiger partial charge in [-0.05, 0) is 54.8 Å². The van der Waals surface area contributed by atoms with Crippen molar-refractivity contribution >= 4 is 29.1 Å². The van der Waals surface area contributed by atoms with Crippen LogP contribution in [0.1, 0.15) is 35.3 Å². The van der Waals surface area contributed by atoms with Gasteiger partial charge in [0.15, 0.2) is 0 Å². The lowest BCUT2D eigenvalue weighted by atomic mass is 10.1. The summed E-state index contributed by atoms with van der Waals surface area (Å²) in [7, 11) is 0. The number of carbonyl (C=O) groups is 2. The second-order valence-electron chi connectivity index (χ2n) is 6.21. The fraction of sp³-hybridized carbons (Fsp3) is 0.300. The zero-order chi connectivity index (χ0) is 18.0. The Morgan fingerprint density at radius 2 is 2.00 bits per heavy atom. The molecule has 0 aliphatic carbocycles. The molecule has 5 heteroatoms. The first-order valence-electron chi connectivity index (χ1n) is 8.44. The van der Waals surface area contributed by atoms with E-state index < -0.39 is 0 Å². The predicted molar refractivity (Wildman–Crippen MR) is 100 cm³/mol. The molecule has 1 heterocycles. The van der Waals surface area contributed by atoms with Gasteiger partial charge < -0.3 is 9.80 Å². The highest BCUT2D eigenvalue weighted by Crippen LogP contribution is 2.29. The van der Waals surface area contributed by atoms with Crippen LogP contribution in [0.4, 0.5) is 5.69 Å². The quantitative estimate of drug-likeness (QED) is 0.833. The first-order valence-corrected chi connectivity index (χ1v) is 8.82. The first-order chi connectivity index (χ1) is 12.0. The molecule has 1 aliphatic rings. The van der Waals surface area contributed by atoms with E-state index in [2.05, 4.69) is 0 Å². The summed E-state index contributed by atoms with van der Waals surface area (Å²) in [6.07, 6.45) is 0.788. The number of fused-ring (bicyclic) bond motifs is 1. The lowest BCUT2D eigenvalue weighted by molar-refractivity contribution is -0.116. The minimum atomic E-state index is -0.00782. The number of anilines is 1. The second kappa shape index (κ2) is 7.28. The number of hydrogen-bond acceptors (Lipinski definition) is 2. The number of carbonyl (C=O) groups excluding carboxylic acids is 2. The molecule has 0 atom stereocenters. The third-order valence-corrected chi connectivity index (χ3v) is 4.77. The molecule has 0 spiro atoms. The van der Waals surface area contributed by atoms with Crippen LogP contribution in [-0.2, 0) is 17.8 Å². The topological polar surface area (TPSA) is 40.6 Å². The average molecular weight is 357 g/mol. The summed E-state index contributed by atoms with van der Waals surface area (Å²) < 4.78 is 0. The Balaban J connectivity index is 1.81.